The summed E-state index contributed by atoms with van der Waals surface area (Å²) in [5, 5.41) is 13.6. The molecule has 0 bridgehead atoms. The number of fused-ring (bicyclic) bond motifs is 2. The molecule has 4 rings (SSSR count). The number of aromatic nitrogens is 4. The molecule has 0 spiro atoms. The Balaban J connectivity index is 0.000000444. The topological polar surface area (TPSA) is 98.0 Å². The molecule has 0 atom stereocenters. The van der Waals surface area contributed by atoms with Crippen LogP contribution in [0.25, 0.3) is 11.3 Å². The van der Waals surface area contributed by atoms with Crippen LogP contribution in [0.5, 0.6) is 0 Å². The standard InChI is InChI=1S/C16H15N4Se.Ag.HNO3/c1-11-3-5-19-13(7-11)17-9-15(19)21-16-10-18-14-8-12(2)4-6-20(14)16;;2-1(3)4/h3-10,21H,1-2H3;;(H,2,3,4). The predicted octanol–water partition coefficient (Wildman–Crippen LogP) is 0.636. The van der Waals surface area contributed by atoms with E-state index >= 15 is 0 Å². The molecule has 8 nitrogen and oxygen atoms in total. The number of aryl methyl sites for hydroxylation is 2. The van der Waals surface area contributed by atoms with E-state index in [0.29, 0.717) is 0 Å². The van der Waals surface area contributed by atoms with Gasteiger partial charge in [-0.15, -0.1) is 10.1 Å². The summed E-state index contributed by atoms with van der Waals surface area (Å²) in [6, 6.07) is 8.47. The smallest absolute Gasteiger partial charge is 0.291 e. The number of rotatable bonds is 2. The fourth-order valence-corrected chi connectivity index (χ4v) is 4.56. The minimum Gasteiger partial charge on any atom is -0.328 e. The van der Waals surface area contributed by atoms with E-state index in [1.54, 1.807) is 0 Å². The summed E-state index contributed by atoms with van der Waals surface area (Å²) >= 11 is -0.152. The van der Waals surface area contributed by atoms with Crippen molar-refractivity contribution >= 4 is 35.4 Å². The van der Waals surface area contributed by atoms with E-state index in [9.17, 15) is 0 Å². The van der Waals surface area contributed by atoms with Gasteiger partial charge in [0.05, 0.1) is 0 Å². The molecular formula is C16H16AgN5O3Se. The van der Waals surface area contributed by atoms with E-state index in [1.807, 2.05) is 12.4 Å². The molecule has 0 aliphatic rings. The molecule has 2 radical (unpaired) electrons. The zero-order valence-corrected chi connectivity index (χ0v) is 17.2. The number of nitrogens with zero attached hydrogens (tertiary/aromatic N) is 5. The molecule has 0 aliphatic carbocycles. The first-order valence-corrected chi connectivity index (χ1v) is 9.24. The first kappa shape index (κ1) is 20.2. The molecule has 26 heavy (non-hydrogen) atoms. The van der Waals surface area contributed by atoms with Crippen LogP contribution in [0.2, 0.25) is 0 Å². The second-order valence-corrected chi connectivity index (χ2v) is 7.84. The fourth-order valence-electron chi connectivity index (χ4n) is 2.42. The van der Waals surface area contributed by atoms with Gasteiger partial charge in [0.2, 0.25) is 0 Å². The largest absolute Gasteiger partial charge is 0.328 e. The number of pyridine rings is 2. The Labute approximate surface area is 170 Å². The van der Waals surface area contributed by atoms with Crippen molar-refractivity contribution in [2.24, 2.45) is 0 Å². The SMILES string of the molecule is Cc1ccn2c([SeH]c3cnc4cc(C)ccn34)cnc2c1.O=[N+]([O-])O.[Ag]. The van der Waals surface area contributed by atoms with E-state index in [0.717, 1.165) is 11.3 Å². The van der Waals surface area contributed by atoms with Crippen LogP contribution in [0.4, 0.5) is 0 Å². The normalized spacial score (nSPS) is 10.2. The second-order valence-electron chi connectivity index (χ2n) is 5.45. The van der Waals surface area contributed by atoms with Crippen LogP contribution in [0.15, 0.2) is 49.1 Å². The van der Waals surface area contributed by atoms with Gasteiger partial charge in [-0.3, -0.25) is 0 Å². The van der Waals surface area contributed by atoms with Crippen molar-refractivity contribution in [2.75, 3.05) is 0 Å². The van der Waals surface area contributed by atoms with Crippen molar-refractivity contribution in [3.63, 3.8) is 0 Å². The Morgan fingerprint density at radius 1 is 1.00 bits per heavy atom. The fraction of sp³-hybridized carbons (Fsp3) is 0.125. The molecule has 4 aromatic heterocycles. The van der Waals surface area contributed by atoms with Gasteiger partial charge in [-0.2, -0.15) is 0 Å². The van der Waals surface area contributed by atoms with Gasteiger partial charge in [0.15, 0.2) is 0 Å². The maximum absolute atomic E-state index is 8.36. The Morgan fingerprint density at radius 3 is 1.77 bits per heavy atom. The van der Waals surface area contributed by atoms with Crippen LogP contribution < -0.4 is 9.18 Å². The summed E-state index contributed by atoms with van der Waals surface area (Å²) < 4.78 is 6.90. The Morgan fingerprint density at radius 2 is 1.38 bits per heavy atom. The van der Waals surface area contributed by atoms with Crippen LogP contribution in [-0.2, 0) is 22.4 Å². The van der Waals surface area contributed by atoms with E-state index in [-0.39, 0.29) is 37.3 Å². The van der Waals surface area contributed by atoms with Crippen LogP contribution in [0.1, 0.15) is 11.1 Å². The number of hydrogen-bond acceptors (Lipinski definition) is 4. The second kappa shape index (κ2) is 8.48. The third-order valence-corrected chi connectivity index (χ3v) is 5.88. The van der Waals surface area contributed by atoms with Crippen LogP contribution >= 0.6 is 0 Å². The minimum atomic E-state index is -1.50. The third kappa shape index (κ3) is 4.51. The zero-order valence-electron chi connectivity index (χ0n) is 13.9. The van der Waals surface area contributed by atoms with Gasteiger partial charge in [0.25, 0.3) is 5.09 Å². The van der Waals surface area contributed by atoms with Gasteiger partial charge in [-0.05, 0) is 0 Å². The zero-order chi connectivity index (χ0) is 18.0. The quantitative estimate of drug-likeness (QED) is 0.241. The van der Waals surface area contributed by atoms with Crippen molar-refractivity contribution < 1.29 is 32.7 Å². The maximum Gasteiger partial charge on any atom is 0.291 e. The molecule has 0 saturated heterocycles. The predicted molar refractivity (Wildman–Crippen MR) is 95.1 cm³/mol. The Bertz CT molecular complexity index is 981. The molecule has 0 fully saturated rings. The summed E-state index contributed by atoms with van der Waals surface area (Å²) in [6.45, 7) is 4.18. The number of imidazole rings is 2. The van der Waals surface area contributed by atoms with E-state index in [1.165, 1.54) is 20.3 Å². The molecule has 0 aromatic carbocycles. The van der Waals surface area contributed by atoms with E-state index < -0.39 is 5.09 Å². The van der Waals surface area contributed by atoms with Gasteiger partial charge in [-0.1, -0.05) is 0 Å². The summed E-state index contributed by atoms with van der Waals surface area (Å²) in [5.74, 6) is 0. The summed E-state index contributed by atoms with van der Waals surface area (Å²) in [4.78, 5) is 17.4. The summed E-state index contributed by atoms with van der Waals surface area (Å²) in [5.41, 5.74) is 4.51. The molecular weight excluding hydrogens is 497 g/mol. The molecule has 0 saturated carbocycles. The average Bonchev–Trinajstić information content (AvgIpc) is 3.11. The van der Waals surface area contributed by atoms with Gasteiger partial charge in [0.1, 0.15) is 0 Å². The summed E-state index contributed by atoms with van der Waals surface area (Å²) in [7, 11) is 0. The Kier molecular flexibility index (Phi) is 6.57. The number of hydrogen-bond donors (Lipinski definition) is 1. The first-order chi connectivity index (χ1) is 11.9. The van der Waals surface area contributed by atoms with Gasteiger partial charge in [0, 0.05) is 22.4 Å². The van der Waals surface area contributed by atoms with Crippen LogP contribution in [0, 0.1) is 24.0 Å². The molecule has 1 N–H and O–H groups in total. The van der Waals surface area contributed by atoms with Crippen LogP contribution in [0.3, 0.4) is 0 Å². The van der Waals surface area contributed by atoms with Gasteiger partial charge in [-0.25, -0.2) is 0 Å². The van der Waals surface area contributed by atoms with E-state index in [2.05, 4.69) is 69.3 Å². The molecule has 0 aliphatic heterocycles. The molecule has 10 heteroatoms. The third-order valence-electron chi connectivity index (χ3n) is 3.53. The van der Waals surface area contributed by atoms with Crippen molar-refractivity contribution in [1.82, 2.24) is 18.8 Å². The average molecular weight is 513 g/mol. The van der Waals surface area contributed by atoms with Crippen molar-refractivity contribution in [3.05, 3.63) is 70.3 Å². The minimum absolute atomic E-state index is 0. The molecule has 140 valence electrons. The van der Waals surface area contributed by atoms with Crippen molar-refractivity contribution in [3.8, 4) is 0 Å². The van der Waals surface area contributed by atoms with Crippen LogP contribution in [-0.4, -0.2) is 44.0 Å². The maximum atomic E-state index is 8.36. The molecule has 0 amide bonds. The molecule has 4 heterocycles. The van der Waals surface area contributed by atoms with Gasteiger partial charge >= 0.3 is 128 Å². The van der Waals surface area contributed by atoms with Crippen molar-refractivity contribution in [2.45, 2.75) is 13.8 Å². The van der Waals surface area contributed by atoms with Crippen molar-refractivity contribution in [1.29, 1.82) is 0 Å². The monoisotopic (exact) mass is 513 g/mol. The molecule has 0 unspecified atom stereocenters. The Hall–Kier alpha value is -2.16. The van der Waals surface area contributed by atoms with E-state index in [4.69, 9.17) is 15.3 Å². The van der Waals surface area contributed by atoms with Gasteiger partial charge < -0.3 is 5.21 Å². The summed E-state index contributed by atoms with van der Waals surface area (Å²) in [6.07, 6.45) is 8.19. The first-order valence-electron chi connectivity index (χ1n) is 7.36. The molecule has 4 aromatic rings.